The van der Waals surface area contributed by atoms with Gasteiger partial charge in [0, 0.05) is 23.8 Å². The van der Waals surface area contributed by atoms with Gasteiger partial charge in [-0.05, 0) is 106 Å². The van der Waals surface area contributed by atoms with E-state index >= 15 is 0 Å². The van der Waals surface area contributed by atoms with Crippen molar-refractivity contribution in [3.05, 3.63) is 169 Å². The van der Waals surface area contributed by atoms with Crippen LogP contribution in [0.5, 0.6) is 0 Å². The van der Waals surface area contributed by atoms with E-state index in [0.717, 1.165) is 0 Å². The van der Waals surface area contributed by atoms with Crippen molar-refractivity contribution < 1.29 is 0 Å². The monoisotopic (exact) mass is 683 g/mol. The summed E-state index contributed by atoms with van der Waals surface area (Å²) in [6.45, 7) is 9.76. The molecule has 52 heavy (non-hydrogen) atoms. The fourth-order valence-electron chi connectivity index (χ4n) is 9.62. The second-order valence-corrected chi connectivity index (χ2v) is 20.1. The van der Waals surface area contributed by atoms with Crippen LogP contribution in [0.1, 0.15) is 25.0 Å². The zero-order chi connectivity index (χ0) is 35.4. The average molecular weight is 684 g/mol. The summed E-state index contributed by atoms with van der Waals surface area (Å²) in [4.78, 5) is 2.42. The largest absolute Gasteiger partial charge is 0.345 e. The van der Waals surface area contributed by atoms with Gasteiger partial charge in [-0.25, -0.2) is 0 Å². The first-order valence-electron chi connectivity index (χ1n) is 18.5. The molecule has 10 rings (SSSR count). The average Bonchev–Trinajstić information content (AvgIpc) is 3.42. The highest BCUT2D eigenvalue weighted by atomic mass is 28.3. The fraction of sp³-hybridized carbons (Fsp3) is 0.120. The van der Waals surface area contributed by atoms with Crippen molar-refractivity contribution in [2.24, 2.45) is 0 Å². The molecular formula is C50H41NSi. The molecule has 0 N–H and O–H groups in total. The van der Waals surface area contributed by atoms with Crippen molar-refractivity contribution in [1.82, 2.24) is 0 Å². The maximum Gasteiger partial charge on any atom is 0.117 e. The molecule has 0 saturated heterocycles. The summed E-state index contributed by atoms with van der Waals surface area (Å²) in [5.41, 5.74) is 15.8. The Morgan fingerprint density at radius 3 is 1.87 bits per heavy atom. The first-order valence-corrected chi connectivity index (χ1v) is 21.5. The van der Waals surface area contributed by atoms with E-state index in [9.17, 15) is 0 Å². The molecule has 0 saturated carbocycles. The molecule has 2 aliphatic rings. The molecule has 2 heteroatoms. The molecule has 250 valence electrons. The first-order chi connectivity index (χ1) is 25.2. The summed E-state index contributed by atoms with van der Waals surface area (Å²) in [6.07, 6.45) is 0. The third kappa shape index (κ3) is 4.28. The minimum atomic E-state index is -1.90. The standard InChI is InChI=1S/C50H41NSi/c1-50(2)41-22-12-11-20-38(41)49-39(21-15-23-42(49)50)48-36-19-10-9-18-35(36)47(37-28-26-33(30-40(37)48)32-16-7-6-8-17-32)34-27-29-46-44(31-34)51(3)43-24-13-14-25-45(43)52(46,4)5/h6-31H,1-5H3. The predicted octanol–water partition coefficient (Wildman–Crippen LogP) is 12.2. The van der Waals surface area contributed by atoms with Crippen molar-refractivity contribution in [1.29, 1.82) is 0 Å². The first kappa shape index (κ1) is 31.1. The molecule has 0 radical (unpaired) electrons. The molecular weight excluding hydrogens is 643 g/mol. The van der Waals surface area contributed by atoms with Gasteiger partial charge in [0.25, 0.3) is 0 Å². The van der Waals surface area contributed by atoms with Crippen LogP contribution in [0.2, 0.25) is 13.1 Å². The fourth-order valence-corrected chi connectivity index (χ4v) is 12.7. The Morgan fingerprint density at radius 2 is 1.04 bits per heavy atom. The summed E-state index contributed by atoms with van der Waals surface area (Å²) in [5, 5.41) is 8.15. The Balaban J connectivity index is 1.31. The molecule has 0 fully saturated rings. The minimum Gasteiger partial charge on any atom is -0.345 e. The zero-order valence-corrected chi connectivity index (χ0v) is 31.5. The van der Waals surface area contributed by atoms with Gasteiger partial charge in [0.05, 0.1) is 0 Å². The summed E-state index contributed by atoms with van der Waals surface area (Å²) in [6, 6.07) is 59.5. The number of nitrogens with zero attached hydrogens (tertiary/aromatic N) is 1. The number of hydrogen-bond donors (Lipinski definition) is 0. The summed E-state index contributed by atoms with van der Waals surface area (Å²) in [7, 11) is 0.347. The van der Waals surface area contributed by atoms with Crippen LogP contribution in [0.4, 0.5) is 11.4 Å². The lowest BCUT2D eigenvalue weighted by molar-refractivity contribution is 0.660. The smallest absolute Gasteiger partial charge is 0.117 e. The van der Waals surface area contributed by atoms with Gasteiger partial charge >= 0.3 is 0 Å². The molecule has 8 aromatic rings. The lowest BCUT2D eigenvalue weighted by atomic mass is 9.80. The van der Waals surface area contributed by atoms with E-state index in [2.05, 4.69) is 197 Å². The van der Waals surface area contributed by atoms with E-state index in [0.29, 0.717) is 0 Å². The number of benzene rings is 8. The normalized spacial score (nSPS) is 14.9. The van der Waals surface area contributed by atoms with Crippen LogP contribution in [0.15, 0.2) is 158 Å². The van der Waals surface area contributed by atoms with Gasteiger partial charge in [0.15, 0.2) is 0 Å². The number of fused-ring (bicyclic) bond motifs is 7. The second kappa shape index (κ2) is 11.1. The van der Waals surface area contributed by atoms with Gasteiger partial charge < -0.3 is 4.90 Å². The molecule has 0 unspecified atom stereocenters. The molecule has 0 bridgehead atoms. The van der Waals surface area contributed by atoms with Crippen LogP contribution in [-0.2, 0) is 5.41 Å². The Hall–Kier alpha value is -5.70. The highest BCUT2D eigenvalue weighted by Gasteiger charge is 2.38. The molecule has 0 amide bonds. The molecule has 1 heterocycles. The van der Waals surface area contributed by atoms with E-state index in [1.54, 1.807) is 0 Å². The Morgan fingerprint density at radius 1 is 0.423 bits per heavy atom. The summed E-state index contributed by atoms with van der Waals surface area (Å²) >= 11 is 0. The molecule has 8 aromatic carbocycles. The lowest BCUT2D eigenvalue weighted by Gasteiger charge is -2.39. The second-order valence-electron chi connectivity index (χ2n) is 15.8. The molecule has 0 spiro atoms. The van der Waals surface area contributed by atoms with E-state index in [1.807, 2.05) is 0 Å². The van der Waals surface area contributed by atoms with Gasteiger partial charge in [-0.15, -0.1) is 0 Å². The van der Waals surface area contributed by atoms with Gasteiger partial charge in [0.2, 0.25) is 0 Å². The van der Waals surface area contributed by atoms with E-state index in [1.165, 1.54) is 98.9 Å². The molecule has 0 atom stereocenters. The number of para-hydroxylation sites is 1. The number of anilines is 2. The zero-order valence-electron chi connectivity index (χ0n) is 30.5. The number of hydrogen-bond acceptors (Lipinski definition) is 1. The van der Waals surface area contributed by atoms with E-state index in [4.69, 9.17) is 0 Å². The molecule has 1 nitrogen and oxygen atoms in total. The maximum absolute atomic E-state index is 2.50. The SMILES string of the molecule is CN1c2ccccc2[Si](C)(C)c2ccc(-c3c4ccccc4c(-c4cccc5c4-c4ccccc4C5(C)C)c4cc(-c5ccccc5)ccc34)cc21. The Bertz CT molecular complexity index is 2750. The topological polar surface area (TPSA) is 3.24 Å². The van der Waals surface area contributed by atoms with Crippen LogP contribution in [0.25, 0.3) is 66.1 Å². The molecule has 1 aliphatic heterocycles. The van der Waals surface area contributed by atoms with Crippen LogP contribution < -0.4 is 15.3 Å². The van der Waals surface area contributed by atoms with E-state index in [-0.39, 0.29) is 5.41 Å². The molecule has 1 aliphatic carbocycles. The van der Waals surface area contributed by atoms with Crippen LogP contribution in [-0.4, -0.2) is 15.1 Å². The third-order valence-corrected chi connectivity index (χ3v) is 15.8. The van der Waals surface area contributed by atoms with Crippen molar-refractivity contribution in [3.63, 3.8) is 0 Å². The van der Waals surface area contributed by atoms with Crippen LogP contribution in [0, 0.1) is 0 Å². The highest BCUT2D eigenvalue weighted by Crippen LogP contribution is 2.54. The van der Waals surface area contributed by atoms with Gasteiger partial charge in [0.1, 0.15) is 8.07 Å². The number of rotatable bonds is 3. The van der Waals surface area contributed by atoms with Crippen molar-refractivity contribution in [2.45, 2.75) is 32.4 Å². The van der Waals surface area contributed by atoms with Crippen LogP contribution in [0.3, 0.4) is 0 Å². The van der Waals surface area contributed by atoms with Crippen LogP contribution >= 0.6 is 0 Å². The highest BCUT2D eigenvalue weighted by molar-refractivity contribution is 7.02. The van der Waals surface area contributed by atoms with Gasteiger partial charge in [-0.3, -0.25) is 0 Å². The predicted molar refractivity (Wildman–Crippen MR) is 227 cm³/mol. The van der Waals surface area contributed by atoms with Gasteiger partial charge in [-0.2, -0.15) is 0 Å². The quantitative estimate of drug-likeness (QED) is 0.132. The maximum atomic E-state index is 2.50. The Labute approximate surface area is 307 Å². The third-order valence-electron chi connectivity index (χ3n) is 12.3. The van der Waals surface area contributed by atoms with Gasteiger partial charge in [-0.1, -0.05) is 166 Å². The minimum absolute atomic E-state index is 0.0758. The lowest BCUT2D eigenvalue weighted by Crippen LogP contribution is -2.58. The summed E-state index contributed by atoms with van der Waals surface area (Å²) < 4.78 is 0. The summed E-state index contributed by atoms with van der Waals surface area (Å²) in [5.74, 6) is 0. The molecule has 0 aromatic heterocycles. The Kier molecular flexibility index (Phi) is 6.66. The van der Waals surface area contributed by atoms with E-state index < -0.39 is 8.07 Å². The van der Waals surface area contributed by atoms with Crippen molar-refractivity contribution in [2.75, 3.05) is 11.9 Å². The van der Waals surface area contributed by atoms with Crippen molar-refractivity contribution in [3.8, 4) is 44.5 Å². The van der Waals surface area contributed by atoms with Crippen molar-refractivity contribution >= 4 is 51.4 Å².